The van der Waals surface area contributed by atoms with Gasteiger partial charge >= 0.3 is 0 Å². The van der Waals surface area contributed by atoms with Crippen molar-refractivity contribution in [2.75, 3.05) is 32.2 Å². The van der Waals surface area contributed by atoms with Gasteiger partial charge in [-0.15, -0.1) is 0 Å². The molecule has 0 aliphatic carbocycles. The fourth-order valence-electron chi connectivity index (χ4n) is 5.23. The Labute approximate surface area is 226 Å². The van der Waals surface area contributed by atoms with Gasteiger partial charge in [-0.2, -0.15) is 0 Å². The number of fused-ring (bicyclic) bond motifs is 1. The molecule has 10 heteroatoms. The van der Waals surface area contributed by atoms with E-state index in [1.165, 1.54) is 12.1 Å². The summed E-state index contributed by atoms with van der Waals surface area (Å²) in [7, 11) is 1.59. The fourth-order valence-corrected chi connectivity index (χ4v) is 5.44. The summed E-state index contributed by atoms with van der Waals surface area (Å²) in [4.78, 5) is 19.9. The number of aliphatic hydroxyl groups is 1. The molecule has 0 unspecified atom stereocenters. The molecule has 5 rings (SSSR count). The maximum atomic E-state index is 14.0. The third-order valence-corrected chi connectivity index (χ3v) is 7.76. The lowest BCUT2D eigenvalue weighted by Crippen LogP contribution is -2.49. The van der Waals surface area contributed by atoms with Gasteiger partial charge in [-0.3, -0.25) is 4.79 Å². The standard InChI is InChI=1S/C28H32ClFN4O4/c1-28(5-7-38-8-6-28)32-26-11-23(24(29)12-31-26)20-10-25-27(36)34(22(17-37-2)15-33(25)13-20)14-19-9-21(30)4-3-18(19)16-35/h3-4,9-13,22,35H,5-8,14-17H2,1-2H3,(H,31,32)/t22-/m1/s1. The van der Waals surface area contributed by atoms with Gasteiger partial charge in [-0.25, -0.2) is 9.37 Å². The van der Waals surface area contributed by atoms with Gasteiger partial charge in [0.25, 0.3) is 5.91 Å². The third kappa shape index (κ3) is 5.42. The van der Waals surface area contributed by atoms with E-state index in [2.05, 4.69) is 17.2 Å². The Kier molecular flexibility index (Phi) is 7.72. The number of anilines is 1. The molecule has 1 aromatic carbocycles. The summed E-state index contributed by atoms with van der Waals surface area (Å²) in [6.45, 7) is 4.30. The molecule has 2 aliphatic heterocycles. The lowest BCUT2D eigenvalue weighted by molar-refractivity contribution is 0.0386. The minimum Gasteiger partial charge on any atom is -0.392 e. The SMILES string of the molecule is COC[C@H]1Cn2cc(-c3cc(NC4(C)CCOCC4)ncc3Cl)cc2C(=O)N1Cc1cc(F)ccc1CO. The van der Waals surface area contributed by atoms with Crippen LogP contribution in [0.4, 0.5) is 10.2 Å². The average molecular weight is 543 g/mol. The van der Waals surface area contributed by atoms with Crippen LogP contribution in [0.3, 0.4) is 0 Å². The molecule has 2 aromatic heterocycles. The average Bonchev–Trinajstić information content (AvgIpc) is 3.32. The molecule has 1 saturated heterocycles. The van der Waals surface area contributed by atoms with Crippen molar-refractivity contribution < 1.29 is 23.8 Å². The van der Waals surface area contributed by atoms with Crippen molar-refractivity contribution in [3.05, 3.63) is 70.4 Å². The van der Waals surface area contributed by atoms with Crippen molar-refractivity contribution in [1.82, 2.24) is 14.5 Å². The number of methoxy groups -OCH3 is 1. The molecule has 0 saturated carbocycles. The van der Waals surface area contributed by atoms with Crippen molar-refractivity contribution in [2.45, 2.75) is 51.0 Å². The molecule has 1 fully saturated rings. The maximum Gasteiger partial charge on any atom is 0.271 e. The maximum absolute atomic E-state index is 14.0. The smallest absolute Gasteiger partial charge is 0.271 e. The third-order valence-electron chi connectivity index (χ3n) is 7.46. The van der Waals surface area contributed by atoms with Gasteiger partial charge in [0, 0.05) is 62.5 Å². The number of amides is 1. The van der Waals surface area contributed by atoms with Crippen LogP contribution >= 0.6 is 11.6 Å². The zero-order valence-corrected chi connectivity index (χ0v) is 22.3. The molecular formula is C28H32ClFN4O4. The summed E-state index contributed by atoms with van der Waals surface area (Å²) >= 11 is 6.58. The van der Waals surface area contributed by atoms with Crippen molar-refractivity contribution >= 4 is 23.3 Å². The van der Waals surface area contributed by atoms with Crippen LogP contribution in [-0.4, -0.2) is 64.0 Å². The molecule has 0 bridgehead atoms. The second-order valence-corrected chi connectivity index (χ2v) is 10.6. The largest absolute Gasteiger partial charge is 0.392 e. The normalized spacial score (nSPS) is 18.9. The van der Waals surface area contributed by atoms with E-state index in [9.17, 15) is 14.3 Å². The highest BCUT2D eigenvalue weighted by atomic mass is 35.5. The number of benzene rings is 1. The van der Waals surface area contributed by atoms with Gasteiger partial charge in [0.05, 0.1) is 24.3 Å². The molecule has 2 N–H and O–H groups in total. The molecular weight excluding hydrogens is 511 g/mol. The van der Waals surface area contributed by atoms with E-state index in [4.69, 9.17) is 21.1 Å². The van der Waals surface area contributed by atoms with E-state index in [0.717, 1.165) is 24.0 Å². The van der Waals surface area contributed by atoms with Crippen LogP contribution in [0.2, 0.25) is 5.02 Å². The van der Waals surface area contributed by atoms with Gasteiger partial charge < -0.3 is 29.4 Å². The second kappa shape index (κ2) is 11.0. The van der Waals surface area contributed by atoms with Crippen LogP contribution in [-0.2, 0) is 29.2 Å². The second-order valence-electron chi connectivity index (χ2n) is 10.2. The van der Waals surface area contributed by atoms with E-state index >= 15 is 0 Å². The number of rotatable bonds is 8. The Hall–Kier alpha value is -2.98. The number of pyridine rings is 1. The number of nitrogens with zero attached hydrogens (tertiary/aromatic N) is 3. The molecule has 1 atom stereocenters. The molecule has 4 heterocycles. The highest BCUT2D eigenvalue weighted by Gasteiger charge is 2.34. The minimum atomic E-state index is -0.415. The molecule has 8 nitrogen and oxygen atoms in total. The van der Waals surface area contributed by atoms with Crippen molar-refractivity contribution in [1.29, 1.82) is 0 Å². The Balaban J connectivity index is 1.45. The van der Waals surface area contributed by atoms with Crippen LogP contribution in [0.25, 0.3) is 11.1 Å². The van der Waals surface area contributed by atoms with Crippen LogP contribution in [0.15, 0.2) is 42.7 Å². The first-order chi connectivity index (χ1) is 18.3. The zero-order chi connectivity index (χ0) is 26.9. The first-order valence-electron chi connectivity index (χ1n) is 12.7. The summed E-state index contributed by atoms with van der Waals surface area (Å²) in [5, 5.41) is 13.8. The number of carbonyl (C=O) groups excluding carboxylic acids is 1. The number of hydrogen-bond acceptors (Lipinski definition) is 6. The Bertz CT molecular complexity index is 1320. The topological polar surface area (TPSA) is 88.8 Å². The highest BCUT2D eigenvalue weighted by Crippen LogP contribution is 2.35. The summed E-state index contributed by atoms with van der Waals surface area (Å²) in [6.07, 6.45) is 5.31. The molecule has 2 aliphatic rings. The van der Waals surface area contributed by atoms with Crippen LogP contribution < -0.4 is 5.32 Å². The van der Waals surface area contributed by atoms with Crippen LogP contribution in [0.1, 0.15) is 41.4 Å². The molecule has 0 radical (unpaired) electrons. The molecule has 38 heavy (non-hydrogen) atoms. The van der Waals surface area contributed by atoms with E-state index in [0.29, 0.717) is 54.0 Å². The van der Waals surface area contributed by atoms with E-state index < -0.39 is 5.82 Å². The van der Waals surface area contributed by atoms with Crippen molar-refractivity contribution in [3.63, 3.8) is 0 Å². The monoisotopic (exact) mass is 542 g/mol. The fraction of sp³-hybridized carbons (Fsp3) is 0.429. The Morgan fingerprint density at radius 3 is 2.79 bits per heavy atom. The van der Waals surface area contributed by atoms with Gasteiger partial charge in [0.2, 0.25) is 0 Å². The first kappa shape index (κ1) is 26.6. The van der Waals surface area contributed by atoms with Crippen molar-refractivity contribution in [2.24, 2.45) is 0 Å². The van der Waals surface area contributed by atoms with Gasteiger partial charge in [-0.05, 0) is 55.2 Å². The number of ether oxygens (including phenoxy) is 2. The summed E-state index contributed by atoms with van der Waals surface area (Å²) in [5.74, 6) is 0.101. The number of aromatic nitrogens is 2. The molecule has 1 amide bonds. The number of halogens is 2. The van der Waals surface area contributed by atoms with Crippen LogP contribution in [0, 0.1) is 5.82 Å². The predicted molar refractivity (Wildman–Crippen MR) is 143 cm³/mol. The van der Waals surface area contributed by atoms with E-state index in [1.54, 1.807) is 24.3 Å². The van der Waals surface area contributed by atoms with Gasteiger partial charge in [0.1, 0.15) is 17.3 Å². The van der Waals surface area contributed by atoms with E-state index in [-0.39, 0.29) is 30.6 Å². The van der Waals surface area contributed by atoms with Crippen molar-refractivity contribution in [3.8, 4) is 11.1 Å². The quantitative estimate of drug-likeness (QED) is 0.436. The molecule has 3 aromatic rings. The minimum absolute atomic E-state index is 0.121. The lowest BCUT2D eigenvalue weighted by Gasteiger charge is -2.36. The number of hydrogen-bond donors (Lipinski definition) is 2. The Morgan fingerprint density at radius 2 is 2.05 bits per heavy atom. The highest BCUT2D eigenvalue weighted by molar-refractivity contribution is 6.33. The lowest BCUT2D eigenvalue weighted by atomic mass is 9.92. The zero-order valence-electron chi connectivity index (χ0n) is 21.5. The summed E-state index contributed by atoms with van der Waals surface area (Å²) in [5.41, 5.74) is 3.12. The molecule has 202 valence electrons. The summed E-state index contributed by atoms with van der Waals surface area (Å²) in [6, 6.07) is 7.70. The van der Waals surface area contributed by atoms with E-state index in [1.807, 2.05) is 22.9 Å². The Morgan fingerprint density at radius 1 is 1.26 bits per heavy atom. The van der Waals surface area contributed by atoms with Crippen LogP contribution in [0.5, 0.6) is 0 Å². The van der Waals surface area contributed by atoms with Gasteiger partial charge in [0.15, 0.2) is 0 Å². The predicted octanol–water partition coefficient (Wildman–Crippen LogP) is 4.49. The summed E-state index contributed by atoms with van der Waals surface area (Å²) < 4.78 is 26.9. The molecule has 0 spiro atoms. The number of nitrogens with one attached hydrogen (secondary N) is 1. The number of aliphatic hydroxyl groups excluding tert-OH is 1. The number of carbonyl (C=O) groups is 1. The van der Waals surface area contributed by atoms with Gasteiger partial charge in [-0.1, -0.05) is 17.7 Å². The first-order valence-corrected chi connectivity index (χ1v) is 13.1.